The molecule has 2 heterocycles. The third kappa shape index (κ3) is 5.03. The van der Waals surface area contributed by atoms with Crippen LogP contribution in [0.3, 0.4) is 0 Å². The van der Waals surface area contributed by atoms with Gasteiger partial charge >= 0.3 is 12.2 Å². The SMILES string of the molecule is CC(C)(C)OC(=O)N1CCC2(CC(c3ccc(NC(=O)OCc4cnco4)cc3F)C2)C1. The Morgan fingerprint density at radius 3 is 2.78 bits per heavy atom. The van der Waals surface area contributed by atoms with Gasteiger partial charge in [0, 0.05) is 18.8 Å². The lowest BCUT2D eigenvalue weighted by molar-refractivity contribution is 0.0229. The summed E-state index contributed by atoms with van der Waals surface area (Å²) >= 11 is 0. The number of hydrogen-bond acceptors (Lipinski definition) is 6. The van der Waals surface area contributed by atoms with Crippen molar-refractivity contribution in [3.63, 3.8) is 0 Å². The van der Waals surface area contributed by atoms with E-state index in [-0.39, 0.29) is 29.9 Å². The van der Waals surface area contributed by atoms with E-state index in [1.807, 2.05) is 20.8 Å². The van der Waals surface area contributed by atoms with Gasteiger partial charge in [0.05, 0.1) is 6.20 Å². The fourth-order valence-electron chi connectivity index (χ4n) is 4.50. The molecule has 2 aliphatic rings. The van der Waals surface area contributed by atoms with Crippen LogP contribution >= 0.6 is 0 Å². The lowest BCUT2D eigenvalue weighted by atomic mass is 9.59. The molecule has 1 aliphatic heterocycles. The summed E-state index contributed by atoms with van der Waals surface area (Å²) in [6.07, 6.45) is 4.27. The summed E-state index contributed by atoms with van der Waals surface area (Å²) < 4.78 is 30.2. The number of carbonyl (C=O) groups is 2. The molecule has 1 aromatic heterocycles. The second kappa shape index (κ2) is 8.44. The van der Waals surface area contributed by atoms with E-state index >= 15 is 0 Å². The molecular weight excluding hydrogens is 417 g/mol. The summed E-state index contributed by atoms with van der Waals surface area (Å²) in [4.78, 5) is 29.7. The van der Waals surface area contributed by atoms with Crippen LogP contribution < -0.4 is 5.32 Å². The van der Waals surface area contributed by atoms with E-state index in [2.05, 4.69) is 10.3 Å². The molecule has 0 bridgehead atoms. The van der Waals surface area contributed by atoms with Gasteiger partial charge in [-0.25, -0.2) is 19.0 Å². The number of nitrogens with zero attached hydrogens (tertiary/aromatic N) is 2. The van der Waals surface area contributed by atoms with Gasteiger partial charge in [0.25, 0.3) is 0 Å². The van der Waals surface area contributed by atoms with E-state index in [0.29, 0.717) is 30.1 Å². The molecule has 0 unspecified atom stereocenters. The standard InChI is InChI=1S/C23H28FN3O5/c1-22(2,3)32-21(29)27-7-6-23(13-27)9-15(10-23)18-5-4-16(8-19(18)24)26-20(28)30-12-17-11-25-14-31-17/h4-5,8,11,14-15H,6-7,9-10,12-13H2,1-3H3,(H,26,28). The smallest absolute Gasteiger partial charge is 0.412 e. The molecule has 1 aliphatic carbocycles. The number of hydrogen-bond donors (Lipinski definition) is 1. The van der Waals surface area contributed by atoms with Crippen LogP contribution in [0.5, 0.6) is 0 Å². The highest BCUT2D eigenvalue weighted by molar-refractivity contribution is 5.84. The molecule has 1 N–H and O–H groups in total. The minimum atomic E-state index is -0.704. The summed E-state index contributed by atoms with van der Waals surface area (Å²) in [5.41, 5.74) is 0.470. The number of halogens is 1. The predicted octanol–water partition coefficient (Wildman–Crippen LogP) is 5.07. The van der Waals surface area contributed by atoms with Gasteiger partial charge in [0.2, 0.25) is 0 Å². The Hall–Kier alpha value is -3.10. The molecule has 0 atom stereocenters. The number of aromatic nitrogens is 1. The fourth-order valence-corrected chi connectivity index (χ4v) is 4.50. The van der Waals surface area contributed by atoms with Gasteiger partial charge in [-0.1, -0.05) is 6.07 Å². The number of rotatable bonds is 4. The van der Waals surface area contributed by atoms with Gasteiger partial charge in [0.15, 0.2) is 18.8 Å². The van der Waals surface area contributed by atoms with Crippen molar-refractivity contribution in [2.45, 2.75) is 58.2 Å². The molecule has 9 heteroatoms. The van der Waals surface area contributed by atoms with Crippen molar-refractivity contribution in [3.8, 4) is 0 Å². The van der Waals surface area contributed by atoms with Crippen molar-refractivity contribution in [3.05, 3.63) is 47.9 Å². The first kappa shape index (κ1) is 22.1. The van der Waals surface area contributed by atoms with E-state index in [0.717, 1.165) is 19.3 Å². The molecule has 2 aromatic rings. The second-order valence-corrected chi connectivity index (χ2v) is 9.66. The van der Waals surface area contributed by atoms with Crippen molar-refractivity contribution in [1.29, 1.82) is 0 Å². The summed E-state index contributed by atoms with van der Waals surface area (Å²) in [5, 5.41) is 2.51. The van der Waals surface area contributed by atoms with Crippen LogP contribution in [0.1, 0.15) is 57.3 Å². The highest BCUT2D eigenvalue weighted by Gasteiger charge is 2.50. The highest BCUT2D eigenvalue weighted by Crippen LogP contribution is 2.56. The summed E-state index contributed by atoms with van der Waals surface area (Å²) in [6.45, 7) is 6.83. The Balaban J connectivity index is 1.28. The molecule has 172 valence electrons. The Morgan fingerprint density at radius 1 is 1.34 bits per heavy atom. The van der Waals surface area contributed by atoms with Gasteiger partial charge in [-0.3, -0.25) is 5.32 Å². The van der Waals surface area contributed by atoms with E-state index in [1.54, 1.807) is 17.0 Å². The minimum absolute atomic E-state index is 0.0371. The number of anilines is 1. The Kier molecular flexibility index (Phi) is 5.83. The molecule has 1 spiro atoms. The van der Waals surface area contributed by atoms with E-state index in [9.17, 15) is 14.0 Å². The normalized spacial score (nSPS) is 22.5. The first-order valence-corrected chi connectivity index (χ1v) is 10.7. The maximum atomic E-state index is 14.7. The van der Waals surface area contributed by atoms with E-state index < -0.39 is 11.7 Å². The van der Waals surface area contributed by atoms with Crippen molar-refractivity contribution in [2.75, 3.05) is 18.4 Å². The molecule has 1 aromatic carbocycles. The Bertz CT molecular complexity index is 980. The molecule has 1 saturated heterocycles. The van der Waals surface area contributed by atoms with Crippen molar-refractivity contribution >= 4 is 17.9 Å². The largest absolute Gasteiger partial charge is 0.445 e. The van der Waals surface area contributed by atoms with E-state index in [1.165, 1.54) is 18.7 Å². The quantitative estimate of drug-likeness (QED) is 0.706. The monoisotopic (exact) mass is 445 g/mol. The number of likely N-dealkylation sites (tertiary alicyclic amines) is 1. The van der Waals surface area contributed by atoms with Crippen LogP contribution in [0.4, 0.5) is 19.7 Å². The van der Waals surface area contributed by atoms with Gasteiger partial charge in [-0.15, -0.1) is 0 Å². The molecule has 0 radical (unpaired) electrons. The molecule has 1 saturated carbocycles. The first-order chi connectivity index (χ1) is 15.1. The zero-order valence-corrected chi connectivity index (χ0v) is 18.5. The first-order valence-electron chi connectivity index (χ1n) is 10.7. The molecular formula is C23H28FN3O5. The number of benzene rings is 1. The number of carbonyl (C=O) groups excluding carboxylic acids is 2. The highest BCUT2D eigenvalue weighted by atomic mass is 19.1. The summed E-state index contributed by atoms with van der Waals surface area (Å²) in [7, 11) is 0. The van der Waals surface area contributed by atoms with Gasteiger partial charge in [0.1, 0.15) is 11.4 Å². The average molecular weight is 445 g/mol. The maximum Gasteiger partial charge on any atom is 0.412 e. The zero-order chi connectivity index (χ0) is 22.9. The third-order valence-corrected chi connectivity index (χ3v) is 5.96. The Labute approximate surface area is 186 Å². The van der Waals surface area contributed by atoms with Crippen molar-refractivity contribution in [1.82, 2.24) is 9.88 Å². The molecule has 2 fully saturated rings. The number of ether oxygens (including phenoxy) is 2. The lowest BCUT2D eigenvalue weighted by Crippen LogP contribution is -2.41. The predicted molar refractivity (Wildman–Crippen MR) is 114 cm³/mol. The van der Waals surface area contributed by atoms with E-state index in [4.69, 9.17) is 13.9 Å². The molecule has 32 heavy (non-hydrogen) atoms. The molecule has 8 nitrogen and oxygen atoms in total. The lowest BCUT2D eigenvalue weighted by Gasteiger charge is -2.45. The average Bonchev–Trinajstić information content (AvgIpc) is 3.34. The van der Waals surface area contributed by atoms with Crippen LogP contribution in [0, 0.1) is 11.2 Å². The second-order valence-electron chi connectivity index (χ2n) is 9.66. The van der Waals surface area contributed by atoms with Crippen LogP contribution in [0.25, 0.3) is 0 Å². The van der Waals surface area contributed by atoms with Crippen molar-refractivity contribution in [2.24, 2.45) is 5.41 Å². The van der Waals surface area contributed by atoms with Gasteiger partial charge in [-0.2, -0.15) is 0 Å². The number of amides is 2. The minimum Gasteiger partial charge on any atom is -0.445 e. The van der Waals surface area contributed by atoms with Gasteiger partial charge < -0.3 is 18.8 Å². The van der Waals surface area contributed by atoms with Crippen molar-refractivity contribution < 1.29 is 27.9 Å². The number of nitrogens with one attached hydrogen (secondary N) is 1. The van der Waals surface area contributed by atoms with Crippen LogP contribution in [-0.2, 0) is 16.1 Å². The van der Waals surface area contributed by atoms with Gasteiger partial charge in [-0.05, 0) is 69.1 Å². The van der Waals surface area contributed by atoms with Crippen LogP contribution in [0.2, 0.25) is 0 Å². The maximum absolute atomic E-state index is 14.7. The summed E-state index contributed by atoms with van der Waals surface area (Å²) in [5.74, 6) is 0.152. The molecule has 4 rings (SSSR count). The van der Waals surface area contributed by atoms with Crippen LogP contribution in [-0.4, -0.2) is 40.8 Å². The summed E-state index contributed by atoms with van der Waals surface area (Å²) in [6, 6.07) is 4.68. The topological polar surface area (TPSA) is 93.9 Å². The molecule has 2 amide bonds. The fraction of sp³-hybridized carbons (Fsp3) is 0.522. The number of oxazole rings is 1. The third-order valence-electron chi connectivity index (χ3n) is 5.96. The zero-order valence-electron chi connectivity index (χ0n) is 18.5. The Morgan fingerprint density at radius 2 is 2.12 bits per heavy atom. The van der Waals surface area contributed by atoms with Crippen LogP contribution in [0.15, 0.2) is 35.2 Å².